The Bertz CT molecular complexity index is 1100. The van der Waals surface area contributed by atoms with Crippen LogP contribution < -0.4 is 0 Å². The molecule has 0 aliphatic carbocycles. The Morgan fingerprint density at radius 1 is 0.424 bits per heavy atom. The van der Waals surface area contributed by atoms with Crippen LogP contribution in [0.5, 0.6) is 0 Å². The third-order valence-corrected chi connectivity index (χ3v) is 11.4. The van der Waals surface area contributed by atoms with Crippen molar-refractivity contribution in [1.29, 1.82) is 0 Å². The Morgan fingerprint density at radius 3 is 1.18 bits per heavy atom. The molecule has 0 unspecified atom stereocenters. The standard InChI is InChI=1S/C27H32S6/c28-18-17-22-11-15-25(32-22)24-13-9-20(30-24)7-5-3-1-2-4-6-8-21-10-14-26(31-21)27-16-12-23(19-29)33-27/h9-16,28-29H,1-8,17-19H2. The van der Waals surface area contributed by atoms with E-state index < -0.39 is 0 Å². The lowest BCUT2D eigenvalue weighted by Crippen LogP contribution is -1.85. The van der Waals surface area contributed by atoms with Gasteiger partial charge >= 0.3 is 0 Å². The van der Waals surface area contributed by atoms with Crippen LogP contribution in [-0.4, -0.2) is 5.75 Å². The Balaban J connectivity index is 1.08. The van der Waals surface area contributed by atoms with E-state index in [4.69, 9.17) is 0 Å². The van der Waals surface area contributed by atoms with E-state index in [1.807, 2.05) is 45.3 Å². The summed E-state index contributed by atoms with van der Waals surface area (Å²) in [5.74, 6) is 1.77. The summed E-state index contributed by atoms with van der Waals surface area (Å²) in [6, 6.07) is 18.2. The molecule has 6 heteroatoms. The fraction of sp³-hybridized carbons (Fsp3) is 0.407. The van der Waals surface area contributed by atoms with Gasteiger partial charge < -0.3 is 0 Å². The average molecular weight is 549 g/mol. The fourth-order valence-electron chi connectivity index (χ4n) is 3.95. The van der Waals surface area contributed by atoms with Gasteiger partial charge in [-0.1, -0.05) is 25.7 Å². The molecule has 4 heterocycles. The van der Waals surface area contributed by atoms with Gasteiger partial charge in [-0.05, 0) is 86.4 Å². The zero-order chi connectivity index (χ0) is 22.9. The summed E-state index contributed by atoms with van der Waals surface area (Å²) in [6.45, 7) is 0. The highest BCUT2D eigenvalue weighted by molar-refractivity contribution is 7.80. The summed E-state index contributed by atoms with van der Waals surface area (Å²) in [6.07, 6.45) is 11.6. The second-order valence-electron chi connectivity index (χ2n) is 8.32. The van der Waals surface area contributed by atoms with Gasteiger partial charge in [0.25, 0.3) is 0 Å². The molecule has 0 aromatic carbocycles. The van der Waals surface area contributed by atoms with E-state index in [1.165, 1.54) is 90.4 Å². The first kappa shape index (κ1) is 25.6. The van der Waals surface area contributed by atoms with Crippen LogP contribution >= 0.6 is 70.6 Å². The summed E-state index contributed by atoms with van der Waals surface area (Å²) in [7, 11) is 0. The highest BCUT2D eigenvalue weighted by Gasteiger charge is 2.07. The first-order valence-corrected chi connectivity index (χ1v) is 16.4. The van der Waals surface area contributed by atoms with Gasteiger partial charge in [0, 0.05) is 44.8 Å². The van der Waals surface area contributed by atoms with Crippen molar-refractivity contribution in [2.24, 2.45) is 0 Å². The monoisotopic (exact) mass is 548 g/mol. The number of unbranched alkanes of at least 4 members (excludes halogenated alkanes) is 5. The van der Waals surface area contributed by atoms with Crippen molar-refractivity contribution in [3.63, 3.8) is 0 Å². The maximum absolute atomic E-state index is 4.38. The molecule has 0 radical (unpaired) electrons. The molecule has 0 atom stereocenters. The van der Waals surface area contributed by atoms with Gasteiger partial charge in [0.1, 0.15) is 0 Å². The number of hydrogen-bond acceptors (Lipinski definition) is 6. The minimum absolute atomic E-state index is 0.837. The smallest absolute Gasteiger partial charge is 0.0445 e. The molecule has 0 aliphatic heterocycles. The minimum atomic E-state index is 0.837. The molecule has 33 heavy (non-hydrogen) atoms. The highest BCUT2D eigenvalue weighted by Crippen LogP contribution is 2.35. The van der Waals surface area contributed by atoms with Crippen LogP contribution in [0.4, 0.5) is 0 Å². The van der Waals surface area contributed by atoms with Crippen LogP contribution in [0.1, 0.15) is 58.0 Å². The van der Waals surface area contributed by atoms with E-state index in [0.717, 1.165) is 17.9 Å². The molecular formula is C27H32S6. The Labute approximate surface area is 225 Å². The van der Waals surface area contributed by atoms with E-state index in [0.29, 0.717) is 0 Å². The topological polar surface area (TPSA) is 0 Å². The van der Waals surface area contributed by atoms with Gasteiger partial charge in [-0.2, -0.15) is 25.3 Å². The highest BCUT2D eigenvalue weighted by atomic mass is 32.1. The molecule has 0 saturated carbocycles. The van der Waals surface area contributed by atoms with Crippen LogP contribution in [0.2, 0.25) is 0 Å². The summed E-state index contributed by atoms with van der Waals surface area (Å²) < 4.78 is 0. The molecule has 4 aromatic heterocycles. The van der Waals surface area contributed by atoms with E-state index in [2.05, 4.69) is 73.8 Å². The summed E-state index contributed by atoms with van der Waals surface area (Å²) in [4.78, 5) is 11.5. The van der Waals surface area contributed by atoms with Crippen molar-refractivity contribution in [3.05, 3.63) is 68.0 Å². The van der Waals surface area contributed by atoms with Gasteiger partial charge in [-0.25, -0.2) is 0 Å². The summed E-state index contributed by atoms with van der Waals surface area (Å²) in [5.41, 5.74) is 0. The second-order valence-corrected chi connectivity index (χ2v) is 13.8. The second kappa shape index (κ2) is 13.6. The SMILES string of the molecule is SCCc1ccc(-c2ccc(CCCCCCCCc3ccc(-c4ccc(CS)s4)s3)s2)s1. The van der Waals surface area contributed by atoms with E-state index in [9.17, 15) is 0 Å². The minimum Gasteiger partial charge on any atom is -0.179 e. The zero-order valence-corrected chi connectivity index (χ0v) is 24.0. The third-order valence-electron chi connectivity index (χ3n) is 5.74. The lowest BCUT2D eigenvalue weighted by Gasteiger charge is -2.01. The van der Waals surface area contributed by atoms with Crippen molar-refractivity contribution in [1.82, 2.24) is 0 Å². The number of aryl methyl sites for hydroxylation is 3. The molecule has 176 valence electrons. The quantitative estimate of drug-likeness (QED) is 0.114. The van der Waals surface area contributed by atoms with Crippen LogP contribution in [0.3, 0.4) is 0 Å². The zero-order valence-electron chi connectivity index (χ0n) is 18.9. The van der Waals surface area contributed by atoms with Crippen LogP contribution in [0.15, 0.2) is 48.5 Å². The molecule has 0 nitrogen and oxygen atoms in total. The van der Waals surface area contributed by atoms with Crippen molar-refractivity contribution >= 4 is 70.6 Å². The predicted molar refractivity (Wildman–Crippen MR) is 161 cm³/mol. The molecule has 0 N–H and O–H groups in total. The molecule has 4 rings (SSSR count). The molecule has 0 spiro atoms. The first-order chi connectivity index (χ1) is 16.2. The molecule has 0 bridgehead atoms. The van der Waals surface area contributed by atoms with Crippen molar-refractivity contribution in [2.75, 3.05) is 5.75 Å². The first-order valence-electron chi connectivity index (χ1n) is 11.8. The van der Waals surface area contributed by atoms with Gasteiger partial charge in [0.2, 0.25) is 0 Å². The van der Waals surface area contributed by atoms with E-state index in [1.54, 1.807) is 0 Å². The fourth-order valence-corrected chi connectivity index (χ4v) is 8.79. The van der Waals surface area contributed by atoms with Crippen molar-refractivity contribution < 1.29 is 0 Å². The van der Waals surface area contributed by atoms with Gasteiger partial charge in [-0.3, -0.25) is 0 Å². The lowest BCUT2D eigenvalue weighted by atomic mass is 10.1. The van der Waals surface area contributed by atoms with E-state index >= 15 is 0 Å². The normalized spacial score (nSPS) is 11.5. The van der Waals surface area contributed by atoms with Crippen molar-refractivity contribution in [3.8, 4) is 19.5 Å². The number of hydrogen-bond donors (Lipinski definition) is 2. The average Bonchev–Trinajstić information content (AvgIpc) is 3.62. The molecular weight excluding hydrogens is 517 g/mol. The van der Waals surface area contributed by atoms with Crippen molar-refractivity contribution in [2.45, 2.75) is 63.5 Å². The molecule has 0 fully saturated rings. The summed E-state index contributed by atoms with van der Waals surface area (Å²) >= 11 is 16.5. The molecule has 0 aliphatic rings. The third kappa shape index (κ3) is 7.74. The van der Waals surface area contributed by atoms with E-state index in [-0.39, 0.29) is 0 Å². The molecule has 0 saturated heterocycles. The lowest BCUT2D eigenvalue weighted by molar-refractivity contribution is 0.596. The Morgan fingerprint density at radius 2 is 0.788 bits per heavy atom. The van der Waals surface area contributed by atoms with Gasteiger partial charge in [0.05, 0.1) is 0 Å². The number of thiol groups is 2. The maximum atomic E-state index is 4.38. The van der Waals surface area contributed by atoms with Crippen LogP contribution in [0.25, 0.3) is 19.5 Å². The molecule has 4 aromatic rings. The van der Waals surface area contributed by atoms with Gasteiger partial charge in [-0.15, -0.1) is 45.3 Å². The van der Waals surface area contributed by atoms with Gasteiger partial charge in [0.15, 0.2) is 0 Å². The predicted octanol–water partition coefficient (Wildman–Crippen LogP) is 10.3. The van der Waals surface area contributed by atoms with Crippen LogP contribution in [0, 0.1) is 0 Å². The molecule has 0 amide bonds. The summed E-state index contributed by atoms with van der Waals surface area (Å²) in [5, 5.41) is 0. The Kier molecular flexibility index (Phi) is 10.5. The Hall–Kier alpha value is -0.500. The number of thiophene rings is 4. The largest absolute Gasteiger partial charge is 0.179 e. The number of rotatable bonds is 14. The maximum Gasteiger partial charge on any atom is 0.0445 e. The van der Waals surface area contributed by atoms with Crippen LogP contribution in [-0.2, 0) is 25.0 Å².